The number of halogens is 1. The Morgan fingerprint density at radius 3 is 2.64 bits per heavy atom. The van der Waals surface area contributed by atoms with Crippen molar-refractivity contribution in [3.05, 3.63) is 20.8 Å². The van der Waals surface area contributed by atoms with E-state index in [1.807, 2.05) is 11.3 Å². The van der Waals surface area contributed by atoms with Gasteiger partial charge in [0.15, 0.2) is 0 Å². The Morgan fingerprint density at radius 2 is 2.21 bits per heavy atom. The molecule has 0 saturated carbocycles. The van der Waals surface area contributed by atoms with Crippen LogP contribution in [0.15, 0.2) is 15.9 Å². The van der Waals surface area contributed by atoms with E-state index in [0.717, 1.165) is 12.5 Å². The average molecular weight is 276 g/mol. The molecule has 1 heterocycles. The summed E-state index contributed by atoms with van der Waals surface area (Å²) in [6.07, 6.45) is 1.20. The van der Waals surface area contributed by atoms with E-state index in [9.17, 15) is 0 Å². The summed E-state index contributed by atoms with van der Waals surface area (Å²) in [5.41, 5.74) is 0. The minimum absolute atomic E-state index is 0.509. The molecule has 1 aromatic heterocycles. The maximum absolute atomic E-state index is 3.60. The summed E-state index contributed by atoms with van der Waals surface area (Å²) in [4.78, 5) is 1.43. The molecule has 1 aromatic rings. The zero-order valence-corrected chi connectivity index (χ0v) is 11.4. The monoisotopic (exact) mass is 275 g/mol. The first kappa shape index (κ1) is 12.2. The summed E-state index contributed by atoms with van der Waals surface area (Å²) in [7, 11) is 0. The number of hydrogen-bond acceptors (Lipinski definition) is 2. The molecule has 3 heteroatoms. The Hall–Kier alpha value is 0.140. The number of hydrogen-bond donors (Lipinski definition) is 1. The molecule has 1 nitrogen and oxygen atoms in total. The first-order chi connectivity index (χ1) is 6.65. The molecule has 1 N–H and O–H groups in total. The van der Waals surface area contributed by atoms with Gasteiger partial charge in [0.1, 0.15) is 0 Å². The Bertz CT molecular complexity index is 270. The van der Waals surface area contributed by atoms with Crippen LogP contribution in [0.25, 0.3) is 0 Å². The topological polar surface area (TPSA) is 12.0 Å². The van der Waals surface area contributed by atoms with E-state index < -0.39 is 0 Å². The van der Waals surface area contributed by atoms with Gasteiger partial charge in [0.25, 0.3) is 0 Å². The predicted molar refractivity (Wildman–Crippen MR) is 67.9 cm³/mol. The summed E-state index contributed by atoms with van der Waals surface area (Å²) < 4.78 is 1.24. The Kier molecular flexibility index (Phi) is 5.13. The van der Waals surface area contributed by atoms with E-state index in [4.69, 9.17) is 0 Å². The third-order valence-corrected chi connectivity index (χ3v) is 4.10. The van der Waals surface area contributed by atoms with Gasteiger partial charge in [-0.15, -0.1) is 11.3 Å². The Labute approximate surface area is 99.0 Å². The van der Waals surface area contributed by atoms with Gasteiger partial charge in [-0.2, -0.15) is 0 Å². The fourth-order valence-electron chi connectivity index (χ4n) is 1.55. The molecule has 0 amide bonds. The quantitative estimate of drug-likeness (QED) is 0.849. The maximum Gasteiger partial charge on any atom is 0.0428 e. The minimum atomic E-state index is 0.509. The van der Waals surface area contributed by atoms with Crippen molar-refractivity contribution in [2.45, 2.75) is 33.2 Å². The molecule has 0 aromatic carbocycles. The summed E-state index contributed by atoms with van der Waals surface area (Å²) in [6.45, 7) is 7.73. The standard InChI is InChI=1S/C11H18BrNS/c1-4-13-10(7-8(2)3)11-9(12)5-6-14-11/h5-6,8,10,13H,4,7H2,1-3H3. The molecular weight excluding hydrogens is 258 g/mol. The van der Waals surface area contributed by atoms with Gasteiger partial charge in [-0.1, -0.05) is 20.8 Å². The second-order valence-electron chi connectivity index (χ2n) is 3.87. The van der Waals surface area contributed by atoms with Gasteiger partial charge in [0.05, 0.1) is 0 Å². The van der Waals surface area contributed by atoms with Gasteiger partial charge in [-0.05, 0) is 46.3 Å². The number of rotatable bonds is 5. The van der Waals surface area contributed by atoms with Crippen molar-refractivity contribution in [2.75, 3.05) is 6.54 Å². The molecule has 0 radical (unpaired) electrons. The van der Waals surface area contributed by atoms with Crippen molar-refractivity contribution in [2.24, 2.45) is 5.92 Å². The highest BCUT2D eigenvalue weighted by molar-refractivity contribution is 9.10. The third kappa shape index (κ3) is 3.37. The fraction of sp³-hybridized carbons (Fsp3) is 0.636. The normalized spacial score (nSPS) is 13.5. The second-order valence-corrected chi connectivity index (χ2v) is 5.67. The van der Waals surface area contributed by atoms with Gasteiger partial charge in [-0.3, -0.25) is 0 Å². The first-order valence-electron chi connectivity index (χ1n) is 5.11. The highest BCUT2D eigenvalue weighted by Crippen LogP contribution is 2.32. The largest absolute Gasteiger partial charge is 0.309 e. The predicted octanol–water partition coefficient (Wildman–Crippen LogP) is 4.21. The van der Waals surface area contributed by atoms with Crippen molar-refractivity contribution >= 4 is 27.3 Å². The Morgan fingerprint density at radius 1 is 1.50 bits per heavy atom. The minimum Gasteiger partial charge on any atom is -0.309 e. The van der Waals surface area contributed by atoms with E-state index >= 15 is 0 Å². The lowest BCUT2D eigenvalue weighted by Gasteiger charge is -2.19. The Balaban J connectivity index is 2.72. The summed E-state index contributed by atoms with van der Waals surface area (Å²) in [5.74, 6) is 0.730. The first-order valence-corrected chi connectivity index (χ1v) is 6.78. The molecule has 0 saturated heterocycles. The fourth-order valence-corrected chi connectivity index (χ4v) is 3.29. The summed E-state index contributed by atoms with van der Waals surface area (Å²) >= 11 is 5.43. The zero-order chi connectivity index (χ0) is 10.6. The smallest absolute Gasteiger partial charge is 0.0428 e. The molecular formula is C11H18BrNS. The molecule has 0 aliphatic rings. The van der Waals surface area contributed by atoms with Crippen LogP contribution in [0.2, 0.25) is 0 Å². The second kappa shape index (κ2) is 5.89. The average Bonchev–Trinajstić information content (AvgIpc) is 2.50. The van der Waals surface area contributed by atoms with E-state index in [1.54, 1.807) is 0 Å². The van der Waals surface area contributed by atoms with Gasteiger partial charge in [0.2, 0.25) is 0 Å². The van der Waals surface area contributed by atoms with E-state index in [-0.39, 0.29) is 0 Å². The van der Waals surface area contributed by atoms with Crippen molar-refractivity contribution in [1.29, 1.82) is 0 Å². The lowest BCUT2D eigenvalue weighted by Crippen LogP contribution is -2.21. The lowest BCUT2D eigenvalue weighted by molar-refractivity contribution is 0.442. The van der Waals surface area contributed by atoms with Crippen LogP contribution in [0.5, 0.6) is 0 Å². The van der Waals surface area contributed by atoms with Gasteiger partial charge < -0.3 is 5.32 Å². The molecule has 14 heavy (non-hydrogen) atoms. The molecule has 1 rings (SSSR count). The zero-order valence-electron chi connectivity index (χ0n) is 9.01. The van der Waals surface area contributed by atoms with Crippen LogP contribution in [0.1, 0.15) is 38.1 Å². The highest BCUT2D eigenvalue weighted by atomic mass is 79.9. The van der Waals surface area contributed by atoms with Crippen molar-refractivity contribution in [3.8, 4) is 0 Å². The molecule has 1 atom stereocenters. The van der Waals surface area contributed by atoms with Crippen LogP contribution in [-0.4, -0.2) is 6.54 Å². The molecule has 0 aliphatic heterocycles. The SMILES string of the molecule is CCNC(CC(C)C)c1sccc1Br. The van der Waals surface area contributed by atoms with Crippen molar-refractivity contribution in [3.63, 3.8) is 0 Å². The van der Waals surface area contributed by atoms with Gasteiger partial charge in [-0.25, -0.2) is 0 Å². The van der Waals surface area contributed by atoms with Crippen LogP contribution in [0.3, 0.4) is 0 Å². The maximum atomic E-state index is 3.60. The van der Waals surface area contributed by atoms with Crippen LogP contribution in [0.4, 0.5) is 0 Å². The van der Waals surface area contributed by atoms with Crippen LogP contribution in [-0.2, 0) is 0 Å². The molecule has 0 spiro atoms. The van der Waals surface area contributed by atoms with Crippen LogP contribution >= 0.6 is 27.3 Å². The van der Waals surface area contributed by atoms with Crippen LogP contribution in [0, 0.1) is 5.92 Å². The van der Waals surface area contributed by atoms with E-state index in [0.29, 0.717) is 6.04 Å². The van der Waals surface area contributed by atoms with Gasteiger partial charge in [0, 0.05) is 15.4 Å². The number of nitrogens with one attached hydrogen (secondary N) is 1. The molecule has 80 valence electrons. The summed E-state index contributed by atoms with van der Waals surface area (Å²) in [6, 6.07) is 2.64. The summed E-state index contributed by atoms with van der Waals surface area (Å²) in [5, 5.41) is 5.68. The molecule has 0 aliphatic carbocycles. The molecule has 0 bridgehead atoms. The lowest BCUT2D eigenvalue weighted by atomic mass is 10.0. The van der Waals surface area contributed by atoms with E-state index in [2.05, 4.69) is 53.5 Å². The third-order valence-electron chi connectivity index (χ3n) is 2.12. The number of thiophene rings is 1. The molecule has 0 fully saturated rings. The van der Waals surface area contributed by atoms with Crippen molar-refractivity contribution < 1.29 is 0 Å². The van der Waals surface area contributed by atoms with Crippen molar-refractivity contribution in [1.82, 2.24) is 5.32 Å². The van der Waals surface area contributed by atoms with Crippen LogP contribution < -0.4 is 5.32 Å². The highest BCUT2D eigenvalue weighted by Gasteiger charge is 2.15. The molecule has 1 unspecified atom stereocenters. The van der Waals surface area contributed by atoms with Gasteiger partial charge >= 0.3 is 0 Å². The van der Waals surface area contributed by atoms with E-state index in [1.165, 1.54) is 15.8 Å².